The molecule has 40 heavy (non-hydrogen) atoms. The molecular formula is C28H35Cl4N3O4S. The SMILES string of the molecule is CCC(C(=O)NC1CCCCC1)N(Cc1ccc(Cl)cc1Cl)C(=O)CCCN(c1cc(Cl)ccc1Cl)S(C)(=O)=O. The minimum atomic E-state index is -3.71. The van der Waals surface area contributed by atoms with Crippen LogP contribution in [0.15, 0.2) is 36.4 Å². The predicted octanol–water partition coefficient (Wildman–Crippen LogP) is 7.10. The van der Waals surface area contributed by atoms with E-state index in [1.807, 2.05) is 6.92 Å². The maximum absolute atomic E-state index is 13.7. The highest BCUT2D eigenvalue weighted by Gasteiger charge is 2.31. The average molecular weight is 651 g/mol. The first-order chi connectivity index (χ1) is 18.9. The standard InChI is InChI=1S/C28H35Cl4N3O4S/c1-3-25(28(37)33-22-8-5-4-6-9-22)34(18-19-11-12-20(29)16-24(19)32)27(36)10-7-15-35(40(2,38)39)26-17-21(30)13-14-23(26)31/h11-14,16-17,22,25H,3-10,15,18H2,1-2H3,(H,33,37). The molecular weight excluding hydrogens is 616 g/mol. The van der Waals surface area contributed by atoms with Crippen LogP contribution in [0.2, 0.25) is 20.1 Å². The summed E-state index contributed by atoms with van der Waals surface area (Å²) < 4.78 is 26.3. The number of rotatable bonds is 12. The van der Waals surface area contributed by atoms with Gasteiger partial charge in [0.05, 0.1) is 17.0 Å². The van der Waals surface area contributed by atoms with Gasteiger partial charge >= 0.3 is 0 Å². The highest BCUT2D eigenvalue weighted by atomic mass is 35.5. The molecule has 1 saturated carbocycles. The van der Waals surface area contributed by atoms with Gasteiger partial charge in [-0.2, -0.15) is 0 Å². The van der Waals surface area contributed by atoms with Crippen molar-refractivity contribution >= 4 is 73.9 Å². The smallest absolute Gasteiger partial charge is 0.243 e. The molecule has 1 fully saturated rings. The van der Waals surface area contributed by atoms with Crippen LogP contribution in [-0.4, -0.2) is 50.0 Å². The fraction of sp³-hybridized carbons (Fsp3) is 0.500. The van der Waals surface area contributed by atoms with E-state index in [-0.39, 0.29) is 54.5 Å². The third-order valence-electron chi connectivity index (χ3n) is 7.02. The van der Waals surface area contributed by atoms with Crippen molar-refractivity contribution in [3.63, 3.8) is 0 Å². The van der Waals surface area contributed by atoms with Gasteiger partial charge in [0.25, 0.3) is 0 Å². The van der Waals surface area contributed by atoms with Crippen LogP contribution >= 0.6 is 46.4 Å². The summed E-state index contributed by atoms with van der Waals surface area (Å²) in [6.45, 7) is 1.98. The van der Waals surface area contributed by atoms with Gasteiger partial charge < -0.3 is 10.2 Å². The summed E-state index contributed by atoms with van der Waals surface area (Å²) in [5.41, 5.74) is 0.902. The van der Waals surface area contributed by atoms with Gasteiger partial charge in [-0.05, 0) is 61.6 Å². The molecule has 0 aromatic heterocycles. The molecule has 1 aliphatic carbocycles. The zero-order valence-electron chi connectivity index (χ0n) is 22.6. The number of nitrogens with zero attached hydrogens (tertiary/aromatic N) is 2. The molecule has 12 heteroatoms. The highest BCUT2D eigenvalue weighted by molar-refractivity contribution is 7.92. The predicted molar refractivity (Wildman–Crippen MR) is 164 cm³/mol. The maximum atomic E-state index is 13.7. The van der Waals surface area contributed by atoms with Crippen LogP contribution in [0.1, 0.15) is 63.9 Å². The van der Waals surface area contributed by atoms with Crippen LogP contribution in [0.25, 0.3) is 0 Å². The molecule has 1 aliphatic rings. The molecule has 2 amide bonds. The molecule has 0 aliphatic heterocycles. The minimum absolute atomic E-state index is 0.00260. The van der Waals surface area contributed by atoms with Crippen molar-refractivity contribution in [2.24, 2.45) is 0 Å². The molecule has 0 spiro atoms. The van der Waals surface area contributed by atoms with Crippen molar-refractivity contribution in [1.82, 2.24) is 10.2 Å². The van der Waals surface area contributed by atoms with E-state index in [1.165, 1.54) is 17.0 Å². The second-order valence-corrected chi connectivity index (χ2v) is 13.7. The largest absolute Gasteiger partial charge is 0.352 e. The molecule has 220 valence electrons. The van der Waals surface area contributed by atoms with Crippen molar-refractivity contribution in [3.05, 3.63) is 62.1 Å². The van der Waals surface area contributed by atoms with Crippen LogP contribution in [-0.2, 0) is 26.2 Å². The second kappa shape index (κ2) is 15.0. The normalized spacial score (nSPS) is 14.9. The van der Waals surface area contributed by atoms with Crippen molar-refractivity contribution in [1.29, 1.82) is 0 Å². The van der Waals surface area contributed by atoms with Crippen molar-refractivity contribution < 1.29 is 18.0 Å². The van der Waals surface area contributed by atoms with E-state index in [9.17, 15) is 18.0 Å². The van der Waals surface area contributed by atoms with E-state index in [1.54, 1.807) is 24.3 Å². The van der Waals surface area contributed by atoms with Crippen LogP contribution in [0, 0.1) is 0 Å². The Morgan fingerprint density at radius 3 is 2.25 bits per heavy atom. The van der Waals surface area contributed by atoms with E-state index in [2.05, 4.69) is 5.32 Å². The highest BCUT2D eigenvalue weighted by Crippen LogP contribution is 2.31. The number of benzene rings is 2. The van der Waals surface area contributed by atoms with Gasteiger partial charge in [-0.1, -0.05) is 78.7 Å². The molecule has 2 aromatic carbocycles. The number of sulfonamides is 1. The topological polar surface area (TPSA) is 86.8 Å². The van der Waals surface area contributed by atoms with Crippen LogP contribution < -0.4 is 9.62 Å². The Balaban J connectivity index is 1.81. The first kappa shape index (κ1) is 32.8. The fourth-order valence-electron chi connectivity index (χ4n) is 4.96. The van der Waals surface area contributed by atoms with Crippen LogP contribution in [0.5, 0.6) is 0 Å². The Kier molecular flexibility index (Phi) is 12.3. The Labute approximate surface area is 257 Å². The zero-order valence-corrected chi connectivity index (χ0v) is 26.5. The number of carbonyl (C=O) groups excluding carboxylic acids is 2. The zero-order chi connectivity index (χ0) is 29.4. The van der Waals surface area contributed by atoms with Gasteiger partial charge in [0, 0.05) is 40.6 Å². The molecule has 1 atom stereocenters. The molecule has 2 aromatic rings. The monoisotopic (exact) mass is 649 g/mol. The third kappa shape index (κ3) is 9.15. The van der Waals surface area contributed by atoms with Crippen molar-refractivity contribution in [2.75, 3.05) is 17.1 Å². The summed E-state index contributed by atoms with van der Waals surface area (Å²) in [6, 6.07) is 8.98. The van der Waals surface area contributed by atoms with Gasteiger partial charge in [0.1, 0.15) is 6.04 Å². The Morgan fingerprint density at radius 2 is 1.62 bits per heavy atom. The van der Waals surface area contributed by atoms with E-state index in [4.69, 9.17) is 46.4 Å². The average Bonchev–Trinajstić information content (AvgIpc) is 2.89. The Morgan fingerprint density at radius 1 is 0.975 bits per heavy atom. The lowest BCUT2D eigenvalue weighted by atomic mass is 9.95. The molecule has 0 radical (unpaired) electrons. The van der Waals surface area contributed by atoms with E-state index in [0.29, 0.717) is 27.1 Å². The van der Waals surface area contributed by atoms with Gasteiger partial charge in [0.15, 0.2) is 0 Å². The number of hydrogen-bond donors (Lipinski definition) is 1. The number of carbonyl (C=O) groups is 2. The first-order valence-corrected chi connectivity index (χ1v) is 16.7. The third-order valence-corrected chi connectivity index (χ3v) is 9.34. The fourth-order valence-corrected chi connectivity index (χ4v) is 6.83. The summed E-state index contributed by atoms with van der Waals surface area (Å²) >= 11 is 24.9. The lowest BCUT2D eigenvalue weighted by Crippen LogP contribution is -2.51. The number of hydrogen-bond acceptors (Lipinski definition) is 4. The summed E-state index contributed by atoms with van der Waals surface area (Å²) in [4.78, 5) is 28.6. The number of anilines is 1. The summed E-state index contributed by atoms with van der Waals surface area (Å²) in [6.07, 6.45) is 6.82. The second-order valence-electron chi connectivity index (χ2n) is 10.1. The summed E-state index contributed by atoms with van der Waals surface area (Å²) in [5.74, 6) is -0.487. The molecule has 3 rings (SSSR count). The molecule has 0 heterocycles. The minimum Gasteiger partial charge on any atom is -0.352 e. The van der Waals surface area contributed by atoms with Crippen molar-refractivity contribution in [3.8, 4) is 0 Å². The summed E-state index contributed by atoms with van der Waals surface area (Å²) in [7, 11) is -3.71. The molecule has 1 N–H and O–H groups in total. The van der Waals surface area contributed by atoms with Gasteiger partial charge in [-0.3, -0.25) is 13.9 Å². The molecule has 0 bridgehead atoms. The number of nitrogens with one attached hydrogen (secondary N) is 1. The van der Waals surface area contributed by atoms with E-state index >= 15 is 0 Å². The lowest BCUT2D eigenvalue weighted by Gasteiger charge is -2.33. The van der Waals surface area contributed by atoms with Gasteiger partial charge in [0.2, 0.25) is 21.8 Å². The van der Waals surface area contributed by atoms with Gasteiger partial charge in [-0.25, -0.2) is 8.42 Å². The number of amides is 2. The van der Waals surface area contributed by atoms with E-state index in [0.717, 1.165) is 42.7 Å². The van der Waals surface area contributed by atoms with Crippen LogP contribution in [0.4, 0.5) is 5.69 Å². The molecule has 7 nitrogen and oxygen atoms in total. The first-order valence-electron chi connectivity index (χ1n) is 13.4. The molecule has 1 unspecified atom stereocenters. The number of halogens is 4. The lowest BCUT2D eigenvalue weighted by molar-refractivity contribution is -0.141. The quantitative estimate of drug-likeness (QED) is 0.265. The summed E-state index contributed by atoms with van der Waals surface area (Å²) in [5, 5.41) is 4.57. The Hall–Kier alpha value is -1.71. The van der Waals surface area contributed by atoms with Gasteiger partial charge in [-0.15, -0.1) is 0 Å². The van der Waals surface area contributed by atoms with E-state index < -0.39 is 16.1 Å². The maximum Gasteiger partial charge on any atom is 0.243 e. The van der Waals surface area contributed by atoms with Crippen molar-refractivity contribution in [2.45, 2.75) is 76.9 Å². The Bertz CT molecular complexity index is 1300. The molecule has 0 saturated heterocycles. The van der Waals surface area contributed by atoms with Crippen LogP contribution in [0.3, 0.4) is 0 Å².